The van der Waals surface area contributed by atoms with Crippen molar-refractivity contribution in [1.82, 2.24) is 9.97 Å². The summed E-state index contributed by atoms with van der Waals surface area (Å²) in [6, 6.07) is 17.9. The summed E-state index contributed by atoms with van der Waals surface area (Å²) in [6.07, 6.45) is 2.04. The van der Waals surface area contributed by atoms with E-state index < -0.39 is 10.0 Å². The smallest absolute Gasteiger partial charge is 0.263 e. The molecular formula is C24H20Cl2N4O4S. The largest absolute Gasteiger partial charge is 0.492 e. The van der Waals surface area contributed by atoms with Crippen LogP contribution in [0, 0.1) is 0 Å². The SMILES string of the molecule is O=C(CCCOc1ccc(Cl)cc1Cl)Nc1ccc(S(=O)(=O)Nc2cnc3ccccc3n2)cc1. The molecule has 0 saturated heterocycles. The number of fused-ring (bicyclic) bond motifs is 1. The number of nitrogens with zero attached hydrogens (tertiary/aromatic N) is 2. The van der Waals surface area contributed by atoms with Crippen LogP contribution >= 0.6 is 23.2 Å². The van der Waals surface area contributed by atoms with Gasteiger partial charge in [-0.3, -0.25) is 14.5 Å². The molecule has 0 aliphatic heterocycles. The Labute approximate surface area is 212 Å². The van der Waals surface area contributed by atoms with Crippen molar-refractivity contribution < 1.29 is 17.9 Å². The maximum absolute atomic E-state index is 12.7. The Bertz CT molecular complexity index is 1460. The van der Waals surface area contributed by atoms with Crippen LogP contribution in [-0.2, 0) is 14.8 Å². The van der Waals surface area contributed by atoms with Crippen LogP contribution < -0.4 is 14.8 Å². The second kappa shape index (κ2) is 10.9. The Morgan fingerprint density at radius 3 is 2.46 bits per heavy atom. The van der Waals surface area contributed by atoms with Crippen molar-refractivity contribution in [3.63, 3.8) is 0 Å². The predicted octanol–water partition coefficient (Wildman–Crippen LogP) is 5.54. The standard InChI is InChI=1S/C24H20Cl2N4O4S/c25-16-7-12-22(19(26)14-16)34-13-3-6-24(31)28-17-8-10-18(11-9-17)35(32,33)30-23-15-27-20-4-1-2-5-21(20)29-23/h1-2,4-5,7-12,14-15H,3,6,13H2,(H,28,31)(H,29,30). The molecule has 4 aromatic rings. The number of nitrogens with one attached hydrogen (secondary N) is 2. The van der Waals surface area contributed by atoms with Crippen molar-refractivity contribution in [2.24, 2.45) is 0 Å². The van der Waals surface area contributed by atoms with Crippen LogP contribution in [0.15, 0.2) is 77.8 Å². The molecule has 8 nitrogen and oxygen atoms in total. The van der Waals surface area contributed by atoms with E-state index in [4.69, 9.17) is 27.9 Å². The highest BCUT2D eigenvalue weighted by atomic mass is 35.5. The van der Waals surface area contributed by atoms with Crippen molar-refractivity contribution in [2.75, 3.05) is 16.6 Å². The molecule has 35 heavy (non-hydrogen) atoms. The van der Waals surface area contributed by atoms with Crippen molar-refractivity contribution >= 4 is 61.7 Å². The van der Waals surface area contributed by atoms with Gasteiger partial charge in [0, 0.05) is 17.1 Å². The van der Waals surface area contributed by atoms with Gasteiger partial charge in [0.1, 0.15) is 5.75 Å². The van der Waals surface area contributed by atoms with E-state index in [0.717, 1.165) is 0 Å². The predicted molar refractivity (Wildman–Crippen MR) is 137 cm³/mol. The number of carbonyl (C=O) groups excluding carboxylic acids is 1. The molecule has 4 rings (SSSR count). The number of halogens is 2. The Kier molecular flexibility index (Phi) is 7.70. The van der Waals surface area contributed by atoms with Crippen molar-refractivity contribution in [2.45, 2.75) is 17.7 Å². The zero-order valence-electron chi connectivity index (χ0n) is 18.2. The van der Waals surface area contributed by atoms with Gasteiger partial charge in [-0.25, -0.2) is 13.4 Å². The van der Waals surface area contributed by atoms with E-state index >= 15 is 0 Å². The van der Waals surface area contributed by atoms with Crippen LogP contribution in [0.2, 0.25) is 10.0 Å². The molecule has 3 aromatic carbocycles. The number of hydrogen-bond acceptors (Lipinski definition) is 6. The Morgan fingerprint density at radius 2 is 1.71 bits per heavy atom. The molecule has 2 N–H and O–H groups in total. The summed E-state index contributed by atoms with van der Waals surface area (Å²) in [5.41, 5.74) is 1.71. The van der Waals surface area contributed by atoms with Gasteiger partial charge in [-0.15, -0.1) is 0 Å². The van der Waals surface area contributed by atoms with E-state index in [1.54, 1.807) is 36.4 Å². The molecule has 1 heterocycles. The zero-order chi connectivity index (χ0) is 24.8. The molecule has 0 bridgehead atoms. The van der Waals surface area contributed by atoms with Crippen LogP contribution in [-0.4, -0.2) is 30.9 Å². The number of benzene rings is 3. The highest BCUT2D eigenvalue weighted by Crippen LogP contribution is 2.27. The van der Waals surface area contributed by atoms with Crippen molar-refractivity contribution in [1.29, 1.82) is 0 Å². The van der Waals surface area contributed by atoms with Crippen molar-refractivity contribution in [3.05, 3.63) is 83.0 Å². The maximum Gasteiger partial charge on any atom is 0.263 e. The summed E-state index contributed by atoms with van der Waals surface area (Å²) in [5.74, 6) is 0.385. The molecule has 0 unspecified atom stereocenters. The van der Waals surface area contributed by atoms with E-state index in [2.05, 4.69) is 20.0 Å². The van der Waals surface area contributed by atoms with E-state index in [-0.39, 0.29) is 23.0 Å². The van der Waals surface area contributed by atoms with E-state index in [1.165, 1.54) is 30.5 Å². The summed E-state index contributed by atoms with van der Waals surface area (Å²) in [7, 11) is -3.88. The molecular weight excluding hydrogens is 511 g/mol. The number of rotatable bonds is 9. The highest BCUT2D eigenvalue weighted by molar-refractivity contribution is 7.92. The number of ether oxygens (including phenoxy) is 1. The van der Waals surface area contributed by atoms with Gasteiger partial charge in [0.05, 0.1) is 33.8 Å². The van der Waals surface area contributed by atoms with E-state index in [0.29, 0.717) is 45.5 Å². The second-order valence-electron chi connectivity index (χ2n) is 7.45. The van der Waals surface area contributed by atoms with Gasteiger partial charge in [0.15, 0.2) is 5.82 Å². The molecule has 0 radical (unpaired) electrons. The third kappa shape index (κ3) is 6.60. The highest BCUT2D eigenvalue weighted by Gasteiger charge is 2.16. The van der Waals surface area contributed by atoms with Gasteiger partial charge >= 0.3 is 0 Å². The summed E-state index contributed by atoms with van der Waals surface area (Å²) in [4.78, 5) is 20.7. The molecule has 0 spiro atoms. The third-order valence-corrected chi connectivity index (χ3v) is 6.74. The minimum Gasteiger partial charge on any atom is -0.492 e. The summed E-state index contributed by atoms with van der Waals surface area (Å²) >= 11 is 11.9. The summed E-state index contributed by atoms with van der Waals surface area (Å²) in [5, 5.41) is 3.65. The first kappa shape index (κ1) is 24.7. The molecule has 0 atom stereocenters. The molecule has 11 heteroatoms. The fourth-order valence-electron chi connectivity index (χ4n) is 3.15. The number of para-hydroxylation sites is 2. The lowest BCUT2D eigenvalue weighted by Gasteiger charge is -2.10. The normalized spacial score (nSPS) is 11.3. The number of anilines is 2. The topological polar surface area (TPSA) is 110 Å². The molecule has 0 saturated carbocycles. The molecule has 0 fully saturated rings. The maximum atomic E-state index is 12.7. The monoisotopic (exact) mass is 530 g/mol. The molecule has 180 valence electrons. The number of hydrogen-bond donors (Lipinski definition) is 2. The fraction of sp³-hybridized carbons (Fsp3) is 0.125. The molecule has 1 amide bonds. The molecule has 0 aliphatic carbocycles. The lowest BCUT2D eigenvalue weighted by atomic mass is 10.2. The fourth-order valence-corrected chi connectivity index (χ4v) is 4.60. The van der Waals surface area contributed by atoms with Gasteiger partial charge in [-0.2, -0.15) is 0 Å². The minimum atomic E-state index is -3.88. The number of carbonyl (C=O) groups is 1. The van der Waals surface area contributed by atoms with Gasteiger partial charge in [0.2, 0.25) is 5.91 Å². The Hall–Kier alpha value is -3.40. The van der Waals surface area contributed by atoms with Crippen LogP contribution in [0.4, 0.5) is 11.5 Å². The number of amides is 1. The lowest BCUT2D eigenvalue weighted by Crippen LogP contribution is -2.15. The van der Waals surface area contributed by atoms with Gasteiger partial charge in [-0.1, -0.05) is 35.3 Å². The summed E-state index contributed by atoms with van der Waals surface area (Å²) < 4.78 is 33.4. The van der Waals surface area contributed by atoms with Gasteiger partial charge in [-0.05, 0) is 61.0 Å². The average molecular weight is 531 g/mol. The Morgan fingerprint density at radius 1 is 0.971 bits per heavy atom. The minimum absolute atomic E-state index is 0.0266. The van der Waals surface area contributed by atoms with Crippen LogP contribution in [0.3, 0.4) is 0 Å². The van der Waals surface area contributed by atoms with Gasteiger partial charge < -0.3 is 10.1 Å². The summed E-state index contributed by atoms with van der Waals surface area (Å²) in [6.45, 7) is 0.301. The third-order valence-electron chi connectivity index (χ3n) is 4.84. The van der Waals surface area contributed by atoms with E-state index in [9.17, 15) is 13.2 Å². The first-order valence-corrected chi connectivity index (χ1v) is 12.8. The van der Waals surface area contributed by atoms with Crippen LogP contribution in [0.25, 0.3) is 11.0 Å². The lowest BCUT2D eigenvalue weighted by molar-refractivity contribution is -0.116. The van der Waals surface area contributed by atoms with E-state index in [1.807, 2.05) is 6.07 Å². The van der Waals surface area contributed by atoms with Gasteiger partial charge in [0.25, 0.3) is 10.0 Å². The van der Waals surface area contributed by atoms with Crippen LogP contribution in [0.5, 0.6) is 5.75 Å². The quantitative estimate of drug-likeness (QED) is 0.275. The molecule has 1 aromatic heterocycles. The Balaban J connectivity index is 1.29. The van der Waals surface area contributed by atoms with Crippen molar-refractivity contribution in [3.8, 4) is 5.75 Å². The first-order chi connectivity index (χ1) is 16.8. The second-order valence-corrected chi connectivity index (χ2v) is 9.97. The number of aromatic nitrogens is 2. The number of sulfonamides is 1. The average Bonchev–Trinajstić information content (AvgIpc) is 2.83. The molecule has 0 aliphatic rings. The zero-order valence-corrected chi connectivity index (χ0v) is 20.6. The first-order valence-electron chi connectivity index (χ1n) is 10.5. The van der Waals surface area contributed by atoms with Crippen LogP contribution in [0.1, 0.15) is 12.8 Å².